The number of aliphatic hydroxyl groups excluding tert-OH is 1. The number of allylic oxidation sites excluding steroid dienone is 2. The van der Waals surface area contributed by atoms with Gasteiger partial charge in [-0.2, -0.15) is 0 Å². The quantitative estimate of drug-likeness (QED) is 0.0705. The van der Waals surface area contributed by atoms with Crippen molar-refractivity contribution in [3.8, 4) is 11.3 Å². The largest absolute Gasteiger partial charge is 0.512 e. The molecule has 2 aromatic heterocycles. The summed E-state index contributed by atoms with van der Waals surface area (Å²) in [5, 5.41) is 13.6. The van der Waals surface area contributed by atoms with Gasteiger partial charge < -0.3 is 5.11 Å². The molecular formula is C41H59IrN2O2SSi2-. The maximum atomic E-state index is 11.7. The molecule has 1 aliphatic carbocycles. The number of carbonyl (C=O) groups is 1. The Bertz CT molecular complexity index is 1780. The van der Waals surface area contributed by atoms with E-state index in [4.69, 9.17) is 6.35 Å². The summed E-state index contributed by atoms with van der Waals surface area (Å²) in [4.78, 5) is 21.1. The van der Waals surface area contributed by atoms with Crippen LogP contribution in [0.2, 0.25) is 38.3 Å². The summed E-state index contributed by atoms with van der Waals surface area (Å²) in [7, 11) is -3.25. The van der Waals surface area contributed by atoms with E-state index in [0.29, 0.717) is 0 Å². The number of aryl methyl sites for hydroxylation is 1. The molecule has 0 aliphatic heterocycles. The Kier molecular flexibility index (Phi) is 14.6. The van der Waals surface area contributed by atoms with Crippen molar-refractivity contribution in [2.75, 3.05) is 0 Å². The SMILES string of the molecule is CCC(CC)C(=O)/C=C(\O)C(CC)CC.[2H]c1nc(-c2[c-]c3ccccc3c([Si](C)(C)C)c2)c2sc([Si](C)(C)C3CCCCC3)c(C)c2n1.[Ir]. The van der Waals surface area contributed by atoms with Crippen molar-refractivity contribution >= 4 is 63.9 Å². The minimum atomic E-state index is -1.65. The Morgan fingerprint density at radius 3 is 2.20 bits per heavy atom. The topological polar surface area (TPSA) is 63.1 Å². The van der Waals surface area contributed by atoms with Crippen LogP contribution in [0.5, 0.6) is 0 Å². The standard InChI is InChI=1S/C28H35N2SSi2.C13H24O2.Ir/c1-19-25-27(31-28(19)33(5,6)22-13-8-7-9-14-22)26(30-18-29-25)21-16-20-12-10-11-15-23(20)24(17-21)32(2,3)4;1-5-10(6-2)12(14)9-13(15)11(7-3)8-4;/h10-12,15,17-18,22H,7-9,13-14H2,1-6H3;9-11,14H,5-8H2,1-4H3;/q-1;;/b;12-9-;/i18D;;. The van der Waals surface area contributed by atoms with Gasteiger partial charge >= 0.3 is 0 Å². The summed E-state index contributed by atoms with van der Waals surface area (Å²) in [5.74, 6) is 0.547. The third-order valence-corrected chi connectivity index (χ3v) is 20.0. The number of hydrogen-bond acceptors (Lipinski definition) is 5. The maximum absolute atomic E-state index is 11.7. The van der Waals surface area contributed by atoms with E-state index in [1.165, 1.54) is 54.3 Å². The Labute approximate surface area is 317 Å². The molecule has 269 valence electrons. The van der Waals surface area contributed by atoms with Crippen LogP contribution in [-0.2, 0) is 24.9 Å². The molecule has 0 unspecified atom stereocenters. The van der Waals surface area contributed by atoms with Crippen LogP contribution in [0.3, 0.4) is 0 Å². The first-order chi connectivity index (χ1) is 23.2. The molecule has 4 aromatic rings. The van der Waals surface area contributed by atoms with Gasteiger partial charge in [-0.25, -0.2) is 4.98 Å². The molecule has 0 saturated heterocycles. The fourth-order valence-corrected chi connectivity index (χ4v) is 15.3. The molecule has 1 radical (unpaired) electrons. The maximum Gasteiger partial charge on any atom is 0.162 e. The van der Waals surface area contributed by atoms with Crippen LogP contribution in [0.4, 0.5) is 0 Å². The molecule has 8 heteroatoms. The Hall–Kier alpha value is -1.97. The van der Waals surface area contributed by atoms with Gasteiger partial charge in [0.15, 0.2) is 5.78 Å². The zero-order valence-electron chi connectivity index (χ0n) is 32.6. The van der Waals surface area contributed by atoms with Crippen LogP contribution < -0.4 is 9.69 Å². The third-order valence-electron chi connectivity index (χ3n) is 10.8. The average molecular weight is 893 g/mol. The number of fused-ring (bicyclic) bond motifs is 2. The summed E-state index contributed by atoms with van der Waals surface area (Å²) in [6.07, 6.45) is 11.9. The van der Waals surface area contributed by atoms with Gasteiger partial charge in [-0.3, -0.25) is 9.78 Å². The van der Waals surface area contributed by atoms with Crippen LogP contribution in [0.15, 0.2) is 48.5 Å². The summed E-state index contributed by atoms with van der Waals surface area (Å²) >= 11 is 1.92. The van der Waals surface area contributed by atoms with Crippen molar-refractivity contribution in [3.63, 3.8) is 0 Å². The number of aromatic nitrogens is 2. The second-order valence-corrected chi connectivity index (χ2v) is 26.5. The van der Waals surface area contributed by atoms with E-state index in [1.54, 1.807) is 4.50 Å². The number of carbonyl (C=O) groups excluding carboxylic acids is 1. The van der Waals surface area contributed by atoms with Gasteiger partial charge in [0.2, 0.25) is 0 Å². The first kappa shape index (κ1) is 39.8. The second-order valence-electron chi connectivity index (χ2n) is 15.4. The van der Waals surface area contributed by atoms with Crippen molar-refractivity contribution in [1.82, 2.24) is 9.97 Å². The van der Waals surface area contributed by atoms with Crippen LogP contribution in [0, 0.1) is 24.8 Å². The Morgan fingerprint density at radius 1 is 1.00 bits per heavy atom. The minimum Gasteiger partial charge on any atom is -0.512 e. The van der Waals surface area contributed by atoms with E-state index >= 15 is 0 Å². The van der Waals surface area contributed by atoms with E-state index < -0.39 is 16.1 Å². The van der Waals surface area contributed by atoms with Gasteiger partial charge in [-0.15, -0.1) is 40.1 Å². The van der Waals surface area contributed by atoms with Crippen LogP contribution in [0.25, 0.3) is 32.2 Å². The van der Waals surface area contributed by atoms with Gasteiger partial charge in [0, 0.05) is 48.4 Å². The van der Waals surface area contributed by atoms with E-state index in [2.05, 4.69) is 81.0 Å². The van der Waals surface area contributed by atoms with Crippen molar-refractivity contribution in [1.29, 1.82) is 0 Å². The first-order valence-corrected chi connectivity index (χ1v) is 25.8. The molecule has 49 heavy (non-hydrogen) atoms. The molecule has 5 rings (SSSR count). The molecule has 1 N–H and O–H groups in total. The summed E-state index contributed by atoms with van der Waals surface area (Å²) < 4.78 is 11.2. The molecule has 0 atom stereocenters. The van der Waals surface area contributed by atoms with E-state index in [1.807, 2.05) is 39.0 Å². The predicted octanol–water partition coefficient (Wildman–Crippen LogP) is 11.3. The monoisotopic (exact) mass is 893 g/mol. The second kappa shape index (κ2) is 18.0. The molecule has 2 heterocycles. The number of rotatable bonds is 11. The average Bonchev–Trinajstić information content (AvgIpc) is 3.41. The molecular weight excluding hydrogens is 833 g/mol. The van der Waals surface area contributed by atoms with E-state index in [0.717, 1.165) is 58.1 Å². The van der Waals surface area contributed by atoms with Crippen molar-refractivity contribution in [2.24, 2.45) is 11.8 Å². The number of nitrogens with zero attached hydrogens (tertiary/aromatic N) is 2. The summed E-state index contributed by atoms with van der Waals surface area (Å²) in [6, 6.07) is 14.6. The number of thiophene rings is 1. The molecule has 2 aromatic carbocycles. The van der Waals surface area contributed by atoms with Crippen LogP contribution in [0.1, 0.15) is 92.4 Å². The smallest absolute Gasteiger partial charge is 0.162 e. The molecule has 4 nitrogen and oxygen atoms in total. The van der Waals surface area contributed by atoms with Crippen molar-refractivity contribution < 1.29 is 31.4 Å². The van der Waals surface area contributed by atoms with Crippen molar-refractivity contribution in [3.05, 3.63) is 60.1 Å². The van der Waals surface area contributed by atoms with Crippen LogP contribution >= 0.6 is 11.3 Å². The van der Waals surface area contributed by atoms with Crippen LogP contribution in [-0.4, -0.2) is 37.0 Å². The van der Waals surface area contributed by atoms with Crippen molar-refractivity contribution in [2.45, 2.75) is 131 Å². The molecule has 1 aliphatic rings. The van der Waals surface area contributed by atoms with E-state index in [-0.39, 0.29) is 49.8 Å². The molecule has 0 bridgehead atoms. The van der Waals surface area contributed by atoms with Gasteiger partial charge in [0.05, 0.1) is 27.4 Å². The number of ketones is 1. The van der Waals surface area contributed by atoms with Gasteiger partial charge in [-0.1, -0.05) is 122 Å². The number of hydrogen-bond donors (Lipinski definition) is 1. The molecule has 0 spiro atoms. The normalized spacial score (nSPS) is 14.9. The molecule has 0 amide bonds. The fraction of sp³-hybridized carbons (Fsp3) is 0.537. The van der Waals surface area contributed by atoms with E-state index in [9.17, 15) is 9.90 Å². The summed E-state index contributed by atoms with van der Waals surface area (Å²) in [6.45, 7) is 22.6. The zero-order valence-corrected chi connectivity index (χ0v) is 36.8. The number of aliphatic hydroxyl groups is 1. The fourth-order valence-electron chi connectivity index (χ4n) is 7.54. The zero-order chi connectivity index (χ0) is 36.1. The van der Waals surface area contributed by atoms with Gasteiger partial charge in [0.25, 0.3) is 0 Å². The summed E-state index contributed by atoms with van der Waals surface area (Å²) in [5.41, 5.74) is 5.04. The molecule has 1 fully saturated rings. The number of benzene rings is 2. The first-order valence-electron chi connectivity index (χ1n) is 18.9. The van der Waals surface area contributed by atoms with Gasteiger partial charge in [-0.05, 0) is 48.2 Å². The Morgan fingerprint density at radius 2 is 1.61 bits per heavy atom. The third kappa shape index (κ3) is 9.48. The van der Waals surface area contributed by atoms with Gasteiger partial charge in [0.1, 0.15) is 7.67 Å². The Balaban J connectivity index is 0.000000361. The minimum absolute atomic E-state index is 0. The molecule has 1 saturated carbocycles. The predicted molar refractivity (Wildman–Crippen MR) is 215 cm³/mol.